The fraction of sp³-hybridized carbons (Fsp3) is 0.200. The van der Waals surface area contributed by atoms with Crippen LogP contribution in [0.4, 0.5) is 18.9 Å². The van der Waals surface area contributed by atoms with Gasteiger partial charge in [-0.1, -0.05) is 12.1 Å². The van der Waals surface area contributed by atoms with E-state index in [9.17, 15) is 27.9 Å². The lowest BCUT2D eigenvalue weighted by Crippen LogP contribution is -2.35. The van der Waals surface area contributed by atoms with Gasteiger partial charge in [0.15, 0.2) is 0 Å². The van der Waals surface area contributed by atoms with Gasteiger partial charge in [0.2, 0.25) is 0 Å². The molecule has 0 bridgehead atoms. The van der Waals surface area contributed by atoms with Crippen molar-refractivity contribution >= 4 is 17.5 Å². The molecule has 184 valence electrons. The molecular formula is C25H23F3N2O5. The number of ether oxygens (including phenoxy) is 2. The van der Waals surface area contributed by atoms with Crippen LogP contribution in [-0.2, 0) is 6.18 Å². The van der Waals surface area contributed by atoms with E-state index >= 15 is 0 Å². The Morgan fingerprint density at radius 1 is 0.914 bits per heavy atom. The summed E-state index contributed by atoms with van der Waals surface area (Å²) in [6, 6.07) is 16.9. The Kier molecular flexibility index (Phi) is 8.32. The van der Waals surface area contributed by atoms with E-state index in [2.05, 4.69) is 10.6 Å². The molecule has 3 aromatic carbocycles. The molecule has 35 heavy (non-hydrogen) atoms. The molecule has 0 fully saturated rings. The fourth-order valence-electron chi connectivity index (χ4n) is 3.02. The van der Waals surface area contributed by atoms with Crippen LogP contribution in [0.1, 0.15) is 26.3 Å². The number of alkyl halides is 3. The Bertz CT molecular complexity index is 1150. The van der Waals surface area contributed by atoms with Gasteiger partial charge in [0.05, 0.1) is 23.9 Å². The summed E-state index contributed by atoms with van der Waals surface area (Å²) in [6.45, 7) is -0.429. The van der Waals surface area contributed by atoms with E-state index in [1.54, 1.807) is 42.5 Å². The SMILES string of the molecule is COc1ccc(C(=O)Nc2ccccc2C(=O)NCC(O)COc2ccc(C(F)(F)F)cc2)cc1. The number of benzene rings is 3. The average Bonchev–Trinajstić information content (AvgIpc) is 2.86. The van der Waals surface area contributed by atoms with Crippen LogP contribution in [0.25, 0.3) is 0 Å². The summed E-state index contributed by atoms with van der Waals surface area (Å²) in [6.07, 6.45) is -5.57. The summed E-state index contributed by atoms with van der Waals surface area (Å²) in [5, 5.41) is 15.3. The molecule has 10 heteroatoms. The number of para-hydroxylation sites is 1. The number of anilines is 1. The van der Waals surface area contributed by atoms with Crippen LogP contribution >= 0.6 is 0 Å². The van der Waals surface area contributed by atoms with E-state index in [1.165, 1.54) is 13.2 Å². The van der Waals surface area contributed by atoms with Gasteiger partial charge in [-0.15, -0.1) is 0 Å². The zero-order valence-electron chi connectivity index (χ0n) is 18.6. The minimum Gasteiger partial charge on any atom is -0.497 e. The van der Waals surface area contributed by atoms with Crippen molar-refractivity contribution in [2.24, 2.45) is 0 Å². The lowest BCUT2D eigenvalue weighted by atomic mass is 10.1. The molecule has 0 aromatic heterocycles. The highest BCUT2D eigenvalue weighted by Gasteiger charge is 2.30. The molecule has 0 spiro atoms. The number of aliphatic hydroxyl groups excluding tert-OH is 1. The highest BCUT2D eigenvalue weighted by Crippen LogP contribution is 2.30. The van der Waals surface area contributed by atoms with E-state index in [1.807, 2.05) is 0 Å². The minimum absolute atomic E-state index is 0.148. The molecule has 3 aromatic rings. The van der Waals surface area contributed by atoms with Crippen molar-refractivity contribution in [1.29, 1.82) is 0 Å². The van der Waals surface area contributed by atoms with Crippen LogP contribution in [0.5, 0.6) is 11.5 Å². The second-order valence-electron chi connectivity index (χ2n) is 7.43. The topological polar surface area (TPSA) is 96.9 Å². The molecule has 0 aliphatic heterocycles. The number of halogens is 3. The Balaban J connectivity index is 1.53. The number of carbonyl (C=O) groups excluding carboxylic acids is 2. The van der Waals surface area contributed by atoms with Crippen molar-refractivity contribution in [2.75, 3.05) is 25.6 Å². The molecule has 7 nitrogen and oxygen atoms in total. The van der Waals surface area contributed by atoms with Gasteiger partial charge in [0.25, 0.3) is 11.8 Å². The first-order valence-corrected chi connectivity index (χ1v) is 10.5. The largest absolute Gasteiger partial charge is 0.497 e. The summed E-state index contributed by atoms with van der Waals surface area (Å²) >= 11 is 0. The minimum atomic E-state index is -4.45. The van der Waals surface area contributed by atoms with Crippen molar-refractivity contribution in [3.63, 3.8) is 0 Å². The van der Waals surface area contributed by atoms with Crippen molar-refractivity contribution in [3.05, 3.63) is 89.5 Å². The first-order valence-electron chi connectivity index (χ1n) is 10.5. The van der Waals surface area contributed by atoms with Gasteiger partial charge in [0.1, 0.15) is 24.2 Å². The molecule has 0 aliphatic rings. The molecule has 2 amide bonds. The maximum absolute atomic E-state index is 12.6. The summed E-state index contributed by atoms with van der Waals surface area (Å²) in [5.74, 6) is -0.209. The van der Waals surface area contributed by atoms with Crippen molar-refractivity contribution < 1.29 is 37.3 Å². The zero-order chi connectivity index (χ0) is 25.4. The summed E-state index contributed by atoms with van der Waals surface area (Å²) < 4.78 is 48.2. The number of hydrogen-bond acceptors (Lipinski definition) is 5. The third-order valence-corrected chi connectivity index (χ3v) is 4.89. The molecule has 3 N–H and O–H groups in total. The summed E-state index contributed by atoms with van der Waals surface area (Å²) in [7, 11) is 1.52. The van der Waals surface area contributed by atoms with E-state index < -0.39 is 29.7 Å². The smallest absolute Gasteiger partial charge is 0.416 e. The Hall–Kier alpha value is -4.05. The van der Waals surface area contributed by atoms with Gasteiger partial charge in [-0.05, 0) is 60.7 Å². The predicted octanol–water partition coefficient (Wildman–Crippen LogP) is 4.14. The van der Waals surface area contributed by atoms with E-state index in [0.717, 1.165) is 24.3 Å². The second kappa shape index (κ2) is 11.4. The fourth-order valence-corrected chi connectivity index (χ4v) is 3.02. The van der Waals surface area contributed by atoms with Gasteiger partial charge in [-0.25, -0.2) is 0 Å². The standard InChI is InChI=1S/C25H23F3N2O5/c1-34-19-10-6-16(7-11-19)23(32)30-22-5-3-2-4-21(22)24(33)29-14-18(31)15-35-20-12-8-17(9-13-20)25(26,27)28/h2-13,18,31H,14-15H2,1H3,(H,29,33)(H,30,32). The molecule has 1 atom stereocenters. The molecule has 1 unspecified atom stereocenters. The van der Waals surface area contributed by atoms with Gasteiger partial charge in [-0.3, -0.25) is 9.59 Å². The number of rotatable bonds is 9. The maximum Gasteiger partial charge on any atom is 0.416 e. The third-order valence-electron chi connectivity index (χ3n) is 4.89. The predicted molar refractivity (Wildman–Crippen MR) is 123 cm³/mol. The number of carbonyl (C=O) groups is 2. The van der Waals surface area contributed by atoms with Crippen molar-refractivity contribution in [1.82, 2.24) is 5.32 Å². The first kappa shape index (κ1) is 25.6. The lowest BCUT2D eigenvalue weighted by Gasteiger charge is -2.15. The zero-order valence-corrected chi connectivity index (χ0v) is 18.6. The van der Waals surface area contributed by atoms with Crippen LogP contribution < -0.4 is 20.1 Å². The van der Waals surface area contributed by atoms with Gasteiger partial charge in [-0.2, -0.15) is 13.2 Å². The summed E-state index contributed by atoms with van der Waals surface area (Å²) in [5.41, 5.74) is 0.0267. The Labute approximate surface area is 199 Å². The highest BCUT2D eigenvalue weighted by atomic mass is 19.4. The number of hydrogen-bond donors (Lipinski definition) is 3. The molecule has 0 heterocycles. The summed E-state index contributed by atoms with van der Waals surface area (Å²) in [4.78, 5) is 25.2. The van der Waals surface area contributed by atoms with E-state index in [4.69, 9.17) is 9.47 Å². The second-order valence-corrected chi connectivity index (χ2v) is 7.43. The lowest BCUT2D eigenvalue weighted by molar-refractivity contribution is -0.137. The number of nitrogens with one attached hydrogen (secondary N) is 2. The van der Waals surface area contributed by atoms with Crippen molar-refractivity contribution in [3.8, 4) is 11.5 Å². The van der Waals surface area contributed by atoms with Crippen LogP contribution in [0.2, 0.25) is 0 Å². The number of methoxy groups -OCH3 is 1. The normalized spacial score (nSPS) is 11.9. The van der Waals surface area contributed by atoms with Crippen LogP contribution in [0, 0.1) is 0 Å². The average molecular weight is 488 g/mol. The molecule has 3 rings (SSSR count). The van der Waals surface area contributed by atoms with Crippen LogP contribution in [0.3, 0.4) is 0 Å². The number of amides is 2. The van der Waals surface area contributed by atoms with Gasteiger partial charge < -0.3 is 25.2 Å². The Morgan fingerprint density at radius 3 is 2.17 bits per heavy atom. The first-order chi connectivity index (χ1) is 16.7. The van der Waals surface area contributed by atoms with Gasteiger partial charge >= 0.3 is 6.18 Å². The van der Waals surface area contributed by atoms with Crippen molar-refractivity contribution in [2.45, 2.75) is 12.3 Å². The van der Waals surface area contributed by atoms with Gasteiger partial charge in [0, 0.05) is 12.1 Å². The Morgan fingerprint density at radius 2 is 1.54 bits per heavy atom. The van der Waals surface area contributed by atoms with E-state index in [-0.39, 0.29) is 30.2 Å². The molecule has 0 saturated carbocycles. The highest BCUT2D eigenvalue weighted by molar-refractivity contribution is 6.09. The molecule has 0 aliphatic carbocycles. The monoisotopic (exact) mass is 488 g/mol. The molecular weight excluding hydrogens is 465 g/mol. The molecule has 0 saturated heterocycles. The third kappa shape index (κ3) is 7.21. The molecule has 0 radical (unpaired) electrons. The van der Waals surface area contributed by atoms with Crippen LogP contribution in [-0.4, -0.2) is 43.3 Å². The number of aliphatic hydroxyl groups is 1. The van der Waals surface area contributed by atoms with E-state index in [0.29, 0.717) is 11.3 Å². The van der Waals surface area contributed by atoms with Crippen LogP contribution in [0.15, 0.2) is 72.8 Å². The maximum atomic E-state index is 12.6. The quantitative estimate of drug-likeness (QED) is 0.421.